The van der Waals surface area contributed by atoms with Gasteiger partial charge in [-0.2, -0.15) is 0 Å². The topological polar surface area (TPSA) is 58.8 Å². The Morgan fingerprint density at radius 1 is 0.969 bits per heavy atom. The summed E-state index contributed by atoms with van der Waals surface area (Å²) in [6, 6.07) is 14.7. The Balaban J connectivity index is 1.38. The molecule has 0 aliphatic carbocycles. The molecule has 0 N–H and O–H groups in total. The van der Waals surface area contributed by atoms with Gasteiger partial charge in [0.15, 0.2) is 5.69 Å². The maximum atomic E-state index is 13.2. The SMILES string of the molecule is Cc1ccc(CN2CCN(C(=O)c3noc(C)c3COc3c(C)cccc3C)CC2)cc1. The fourth-order valence-corrected chi connectivity index (χ4v) is 4.11. The normalized spacial score (nSPS) is 14.6. The molecule has 1 aliphatic rings. The van der Waals surface area contributed by atoms with E-state index in [4.69, 9.17) is 9.26 Å². The van der Waals surface area contributed by atoms with Gasteiger partial charge in [0.05, 0.1) is 5.56 Å². The molecule has 1 aliphatic heterocycles. The summed E-state index contributed by atoms with van der Waals surface area (Å²) in [4.78, 5) is 17.5. The van der Waals surface area contributed by atoms with Gasteiger partial charge in [-0.25, -0.2) is 0 Å². The molecule has 1 amide bonds. The van der Waals surface area contributed by atoms with E-state index in [-0.39, 0.29) is 12.5 Å². The van der Waals surface area contributed by atoms with Gasteiger partial charge in [-0.05, 0) is 44.4 Å². The number of benzene rings is 2. The minimum Gasteiger partial charge on any atom is -0.488 e. The lowest BCUT2D eigenvalue weighted by molar-refractivity contribution is 0.0616. The van der Waals surface area contributed by atoms with Crippen molar-refractivity contribution in [1.82, 2.24) is 15.0 Å². The van der Waals surface area contributed by atoms with Crippen LogP contribution in [-0.2, 0) is 13.2 Å². The van der Waals surface area contributed by atoms with Crippen LogP contribution in [-0.4, -0.2) is 47.0 Å². The van der Waals surface area contributed by atoms with Crippen LogP contribution in [0.15, 0.2) is 47.0 Å². The number of rotatable bonds is 6. The van der Waals surface area contributed by atoms with E-state index in [2.05, 4.69) is 41.2 Å². The van der Waals surface area contributed by atoms with E-state index in [0.717, 1.165) is 42.1 Å². The minimum absolute atomic E-state index is 0.0862. The van der Waals surface area contributed by atoms with Crippen molar-refractivity contribution in [2.24, 2.45) is 0 Å². The first-order chi connectivity index (χ1) is 15.4. The van der Waals surface area contributed by atoms with E-state index >= 15 is 0 Å². The van der Waals surface area contributed by atoms with Crippen LogP contribution in [0.25, 0.3) is 0 Å². The van der Waals surface area contributed by atoms with Crippen LogP contribution in [0.2, 0.25) is 0 Å². The third-order valence-electron chi connectivity index (χ3n) is 6.14. The summed E-state index contributed by atoms with van der Waals surface area (Å²) in [5.74, 6) is 1.38. The molecule has 0 atom stereocenters. The van der Waals surface area contributed by atoms with Gasteiger partial charge in [0.1, 0.15) is 18.1 Å². The molecular weight excluding hydrogens is 402 g/mol. The zero-order valence-electron chi connectivity index (χ0n) is 19.4. The maximum Gasteiger partial charge on any atom is 0.276 e. The van der Waals surface area contributed by atoms with E-state index in [0.29, 0.717) is 24.5 Å². The second-order valence-electron chi connectivity index (χ2n) is 8.63. The minimum atomic E-state index is -0.0862. The van der Waals surface area contributed by atoms with Crippen molar-refractivity contribution in [3.63, 3.8) is 0 Å². The van der Waals surface area contributed by atoms with Crippen molar-refractivity contribution in [2.75, 3.05) is 26.2 Å². The summed E-state index contributed by atoms with van der Waals surface area (Å²) in [5.41, 5.74) is 5.78. The number of carbonyl (C=O) groups excluding carboxylic acids is 1. The monoisotopic (exact) mass is 433 g/mol. The first-order valence-corrected chi connectivity index (χ1v) is 11.1. The highest BCUT2D eigenvalue weighted by Crippen LogP contribution is 2.25. The van der Waals surface area contributed by atoms with E-state index in [9.17, 15) is 4.79 Å². The van der Waals surface area contributed by atoms with Crippen LogP contribution in [0, 0.1) is 27.7 Å². The first-order valence-electron chi connectivity index (χ1n) is 11.1. The van der Waals surface area contributed by atoms with Crippen molar-refractivity contribution in [1.29, 1.82) is 0 Å². The van der Waals surface area contributed by atoms with Gasteiger partial charge in [-0.1, -0.05) is 53.2 Å². The fourth-order valence-electron chi connectivity index (χ4n) is 4.11. The van der Waals surface area contributed by atoms with Crippen LogP contribution < -0.4 is 4.74 Å². The molecule has 168 valence electrons. The van der Waals surface area contributed by atoms with E-state index in [1.807, 2.05) is 43.9 Å². The van der Waals surface area contributed by atoms with Crippen LogP contribution in [0.1, 0.15) is 44.1 Å². The van der Waals surface area contributed by atoms with E-state index < -0.39 is 0 Å². The predicted molar refractivity (Wildman–Crippen MR) is 124 cm³/mol. The molecule has 6 heteroatoms. The highest BCUT2D eigenvalue weighted by atomic mass is 16.5. The summed E-state index contributed by atoms with van der Waals surface area (Å²) in [6.45, 7) is 12.1. The summed E-state index contributed by atoms with van der Waals surface area (Å²) < 4.78 is 11.5. The number of aromatic nitrogens is 1. The molecule has 0 saturated carbocycles. The molecule has 0 spiro atoms. The standard InChI is InChI=1S/C26H31N3O3/c1-18-8-10-22(11-9-18)16-28-12-14-29(15-13-28)26(30)24-23(21(4)32-27-24)17-31-25-19(2)6-5-7-20(25)3/h5-11H,12-17H2,1-4H3. The smallest absolute Gasteiger partial charge is 0.276 e. The largest absolute Gasteiger partial charge is 0.488 e. The Morgan fingerprint density at radius 3 is 2.28 bits per heavy atom. The summed E-state index contributed by atoms with van der Waals surface area (Å²) in [7, 11) is 0. The Bertz CT molecular complexity index is 1060. The van der Waals surface area contributed by atoms with Crippen LogP contribution in [0.4, 0.5) is 0 Å². The molecule has 1 saturated heterocycles. The number of nitrogens with zero attached hydrogens (tertiary/aromatic N) is 3. The third-order valence-corrected chi connectivity index (χ3v) is 6.14. The van der Waals surface area contributed by atoms with Crippen LogP contribution >= 0.6 is 0 Å². The van der Waals surface area contributed by atoms with Gasteiger partial charge in [-0.3, -0.25) is 9.69 Å². The second kappa shape index (κ2) is 9.57. The predicted octanol–water partition coefficient (Wildman–Crippen LogP) is 4.45. The highest BCUT2D eigenvalue weighted by molar-refractivity contribution is 5.93. The first kappa shape index (κ1) is 22.1. The van der Waals surface area contributed by atoms with Gasteiger partial charge in [0.25, 0.3) is 5.91 Å². The summed E-state index contributed by atoms with van der Waals surface area (Å²) in [5, 5.41) is 4.08. The number of amides is 1. The van der Waals surface area contributed by atoms with E-state index in [1.54, 1.807) is 0 Å². The molecule has 0 bridgehead atoms. The lowest BCUT2D eigenvalue weighted by Gasteiger charge is -2.34. The van der Waals surface area contributed by atoms with Crippen molar-refractivity contribution < 1.29 is 14.1 Å². The van der Waals surface area contributed by atoms with Gasteiger partial charge < -0.3 is 14.2 Å². The van der Waals surface area contributed by atoms with Gasteiger partial charge in [0.2, 0.25) is 0 Å². The molecule has 32 heavy (non-hydrogen) atoms. The molecular formula is C26H31N3O3. The van der Waals surface area contributed by atoms with Crippen molar-refractivity contribution in [3.05, 3.63) is 81.7 Å². The average molecular weight is 434 g/mol. The molecule has 0 unspecified atom stereocenters. The molecule has 1 fully saturated rings. The molecule has 4 rings (SSSR count). The van der Waals surface area contributed by atoms with E-state index in [1.165, 1.54) is 11.1 Å². The van der Waals surface area contributed by atoms with Gasteiger partial charge in [-0.15, -0.1) is 0 Å². The molecule has 2 heterocycles. The van der Waals surface area contributed by atoms with Crippen molar-refractivity contribution in [3.8, 4) is 5.75 Å². The number of ether oxygens (including phenoxy) is 1. The Kier molecular flexibility index (Phi) is 6.61. The fraction of sp³-hybridized carbons (Fsp3) is 0.385. The Hall–Kier alpha value is -3.12. The van der Waals surface area contributed by atoms with Crippen molar-refractivity contribution in [2.45, 2.75) is 40.8 Å². The zero-order valence-corrected chi connectivity index (χ0v) is 19.4. The molecule has 0 radical (unpaired) electrons. The summed E-state index contributed by atoms with van der Waals surface area (Å²) >= 11 is 0. The quantitative estimate of drug-likeness (QED) is 0.575. The maximum absolute atomic E-state index is 13.2. The number of piperazine rings is 1. The van der Waals surface area contributed by atoms with Gasteiger partial charge in [0, 0.05) is 32.7 Å². The third kappa shape index (κ3) is 4.86. The number of hydrogen-bond donors (Lipinski definition) is 0. The Labute approximate surface area is 189 Å². The zero-order chi connectivity index (χ0) is 22.7. The van der Waals surface area contributed by atoms with Crippen LogP contribution in [0.5, 0.6) is 5.75 Å². The number of carbonyl (C=O) groups is 1. The molecule has 2 aromatic carbocycles. The number of para-hydroxylation sites is 1. The Morgan fingerprint density at radius 2 is 1.62 bits per heavy atom. The molecule has 3 aromatic rings. The van der Waals surface area contributed by atoms with Crippen LogP contribution in [0.3, 0.4) is 0 Å². The molecule has 1 aromatic heterocycles. The highest BCUT2D eigenvalue weighted by Gasteiger charge is 2.28. The second-order valence-corrected chi connectivity index (χ2v) is 8.63. The number of hydrogen-bond acceptors (Lipinski definition) is 5. The molecule has 6 nitrogen and oxygen atoms in total. The lowest BCUT2D eigenvalue weighted by Crippen LogP contribution is -2.48. The summed E-state index contributed by atoms with van der Waals surface area (Å²) in [6.07, 6.45) is 0. The average Bonchev–Trinajstić information content (AvgIpc) is 3.15. The lowest BCUT2D eigenvalue weighted by atomic mass is 10.1. The van der Waals surface area contributed by atoms with Gasteiger partial charge >= 0.3 is 0 Å². The van der Waals surface area contributed by atoms with Crippen molar-refractivity contribution >= 4 is 5.91 Å². The number of aryl methyl sites for hydroxylation is 4.